The van der Waals surface area contributed by atoms with Crippen LogP contribution in [0.2, 0.25) is 0 Å². The molecule has 0 spiro atoms. The van der Waals surface area contributed by atoms with Crippen molar-refractivity contribution in [3.05, 3.63) is 0 Å². The minimum atomic E-state index is 0.272. The van der Waals surface area contributed by atoms with Gasteiger partial charge in [-0.3, -0.25) is 0 Å². The molecule has 5 nitrogen and oxygen atoms in total. The highest BCUT2D eigenvalue weighted by Crippen LogP contribution is 2.31. The van der Waals surface area contributed by atoms with E-state index in [4.69, 9.17) is 5.11 Å². The Kier molecular flexibility index (Phi) is 4.59. The molecule has 90 valence electrons. The van der Waals surface area contributed by atoms with Crippen LogP contribution in [-0.4, -0.2) is 37.7 Å². The number of unbranched alkanes of at least 4 members (excludes halogenated alkanes) is 1. The summed E-state index contributed by atoms with van der Waals surface area (Å²) in [5.41, 5.74) is 0. The van der Waals surface area contributed by atoms with Crippen molar-refractivity contribution < 1.29 is 5.11 Å². The maximum Gasteiger partial charge on any atom is 0.209 e. The highest BCUT2D eigenvalue weighted by atomic mass is 32.2. The monoisotopic (exact) mass is 242 g/mol. The number of aromatic nitrogens is 4. The summed E-state index contributed by atoms with van der Waals surface area (Å²) in [5, 5.41) is 21.5. The molecule has 16 heavy (non-hydrogen) atoms. The Labute approximate surface area is 99.6 Å². The van der Waals surface area contributed by atoms with Crippen LogP contribution in [0.3, 0.4) is 0 Å². The minimum Gasteiger partial charge on any atom is -0.396 e. The van der Waals surface area contributed by atoms with Gasteiger partial charge >= 0.3 is 0 Å². The van der Waals surface area contributed by atoms with Crippen molar-refractivity contribution in [3.8, 4) is 0 Å². The van der Waals surface area contributed by atoms with Crippen LogP contribution in [0.15, 0.2) is 5.16 Å². The van der Waals surface area contributed by atoms with Crippen molar-refractivity contribution in [2.24, 2.45) is 0 Å². The molecule has 1 aliphatic carbocycles. The smallest absolute Gasteiger partial charge is 0.209 e. The minimum absolute atomic E-state index is 0.272. The molecule has 6 heteroatoms. The van der Waals surface area contributed by atoms with Gasteiger partial charge in [0.25, 0.3) is 0 Å². The van der Waals surface area contributed by atoms with Gasteiger partial charge in [-0.05, 0) is 36.1 Å². The van der Waals surface area contributed by atoms with Gasteiger partial charge in [-0.15, -0.1) is 5.10 Å². The number of rotatable bonds is 6. The quantitative estimate of drug-likeness (QED) is 0.607. The first-order chi connectivity index (χ1) is 7.92. The summed E-state index contributed by atoms with van der Waals surface area (Å²) in [6, 6.07) is 0.510. The van der Waals surface area contributed by atoms with E-state index in [0.717, 1.165) is 23.8 Å². The van der Waals surface area contributed by atoms with Gasteiger partial charge < -0.3 is 5.11 Å². The van der Waals surface area contributed by atoms with Crippen molar-refractivity contribution in [3.63, 3.8) is 0 Å². The van der Waals surface area contributed by atoms with Crippen molar-refractivity contribution in [1.82, 2.24) is 20.2 Å². The second-order valence-corrected chi connectivity index (χ2v) is 5.19. The summed E-state index contributed by atoms with van der Waals surface area (Å²) in [6.45, 7) is 0.272. The highest BCUT2D eigenvalue weighted by molar-refractivity contribution is 7.99. The second kappa shape index (κ2) is 6.20. The molecule has 1 heterocycles. The van der Waals surface area contributed by atoms with Crippen LogP contribution in [-0.2, 0) is 0 Å². The lowest BCUT2D eigenvalue weighted by atomic mass is 10.3. The van der Waals surface area contributed by atoms with Crippen LogP contribution in [0.1, 0.15) is 44.6 Å². The molecule has 1 aromatic heterocycles. The van der Waals surface area contributed by atoms with Crippen LogP contribution in [0.5, 0.6) is 0 Å². The first kappa shape index (κ1) is 11.9. The van der Waals surface area contributed by atoms with E-state index in [0.29, 0.717) is 6.04 Å². The molecule has 0 bridgehead atoms. The van der Waals surface area contributed by atoms with Gasteiger partial charge in [0.2, 0.25) is 5.16 Å². The zero-order chi connectivity index (χ0) is 11.2. The lowest BCUT2D eigenvalue weighted by Crippen LogP contribution is -2.08. The lowest BCUT2D eigenvalue weighted by molar-refractivity contribution is 0.287. The van der Waals surface area contributed by atoms with Crippen LogP contribution in [0, 0.1) is 0 Å². The van der Waals surface area contributed by atoms with Gasteiger partial charge in [-0.2, -0.15) is 0 Å². The summed E-state index contributed by atoms with van der Waals surface area (Å²) < 4.78 is 1.98. The first-order valence-corrected chi connectivity index (χ1v) is 6.92. The summed E-state index contributed by atoms with van der Waals surface area (Å²) in [4.78, 5) is 0. The number of aliphatic hydroxyl groups is 1. The van der Waals surface area contributed by atoms with Crippen LogP contribution in [0.4, 0.5) is 0 Å². The van der Waals surface area contributed by atoms with E-state index in [2.05, 4.69) is 15.5 Å². The standard InChI is InChI=1S/C10H18N4OS/c15-7-3-4-8-16-10-11-12-13-14(10)9-5-1-2-6-9/h9,15H,1-8H2. The van der Waals surface area contributed by atoms with E-state index >= 15 is 0 Å². The Bertz CT molecular complexity index is 312. The number of tetrazole rings is 1. The molecule has 0 atom stereocenters. The van der Waals surface area contributed by atoms with Gasteiger partial charge in [0.1, 0.15) is 0 Å². The van der Waals surface area contributed by atoms with Crippen molar-refractivity contribution >= 4 is 11.8 Å². The van der Waals surface area contributed by atoms with Gasteiger partial charge in [-0.25, -0.2) is 4.68 Å². The first-order valence-electron chi connectivity index (χ1n) is 5.93. The molecule has 1 fully saturated rings. The van der Waals surface area contributed by atoms with Crippen LogP contribution >= 0.6 is 11.8 Å². The molecule has 1 saturated carbocycles. The largest absolute Gasteiger partial charge is 0.396 e. The number of nitrogens with zero attached hydrogens (tertiary/aromatic N) is 4. The highest BCUT2D eigenvalue weighted by Gasteiger charge is 2.21. The topological polar surface area (TPSA) is 63.8 Å². The molecule has 1 aromatic rings. The molecular weight excluding hydrogens is 224 g/mol. The second-order valence-electron chi connectivity index (χ2n) is 4.12. The number of thioether (sulfide) groups is 1. The summed E-state index contributed by atoms with van der Waals surface area (Å²) >= 11 is 1.70. The van der Waals surface area contributed by atoms with Crippen molar-refractivity contribution in [2.75, 3.05) is 12.4 Å². The van der Waals surface area contributed by atoms with E-state index in [1.807, 2.05) is 4.68 Å². The Hall–Kier alpha value is -0.620. The summed E-state index contributed by atoms with van der Waals surface area (Å²) in [5.74, 6) is 0.980. The molecule has 0 unspecified atom stereocenters. The molecule has 0 amide bonds. The van der Waals surface area contributed by atoms with E-state index in [1.54, 1.807) is 11.8 Å². The molecule has 0 aliphatic heterocycles. The third-order valence-corrected chi connectivity index (χ3v) is 3.94. The van der Waals surface area contributed by atoms with Crippen LogP contribution < -0.4 is 0 Å². The van der Waals surface area contributed by atoms with E-state index in [1.165, 1.54) is 25.7 Å². The Balaban J connectivity index is 1.86. The molecule has 0 saturated heterocycles. The van der Waals surface area contributed by atoms with E-state index < -0.39 is 0 Å². The fourth-order valence-electron chi connectivity index (χ4n) is 2.04. The molecule has 1 aliphatic rings. The molecule has 0 aromatic carbocycles. The Morgan fingerprint density at radius 3 is 2.88 bits per heavy atom. The molecular formula is C10H18N4OS. The third kappa shape index (κ3) is 2.95. The number of hydrogen-bond donors (Lipinski definition) is 1. The Morgan fingerprint density at radius 1 is 1.31 bits per heavy atom. The average molecular weight is 242 g/mol. The van der Waals surface area contributed by atoms with Gasteiger partial charge in [0.05, 0.1) is 6.04 Å². The van der Waals surface area contributed by atoms with Gasteiger partial charge in [-0.1, -0.05) is 24.6 Å². The van der Waals surface area contributed by atoms with Crippen molar-refractivity contribution in [2.45, 2.75) is 49.7 Å². The molecule has 1 N–H and O–H groups in total. The maximum absolute atomic E-state index is 8.70. The molecule has 0 radical (unpaired) electrons. The maximum atomic E-state index is 8.70. The summed E-state index contributed by atoms with van der Waals surface area (Å²) in [7, 11) is 0. The zero-order valence-electron chi connectivity index (χ0n) is 9.38. The van der Waals surface area contributed by atoms with Gasteiger partial charge in [0, 0.05) is 12.4 Å². The summed E-state index contributed by atoms with van der Waals surface area (Å²) in [6.07, 6.45) is 6.86. The SMILES string of the molecule is OCCCCSc1nnnn1C1CCCC1. The fraction of sp³-hybridized carbons (Fsp3) is 0.900. The predicted octanol–water partition coefficient (Wildman–Crippen LogP) is 1.65. The van der Waals surface area contributed by atoms with E-state index in [9.17, 15) is 0 Å². The number of hydrogen-bond acceptors (Lipinski definition) is 5. The molecule has 2 rings (SSSR count). The van der Waals surface area contributed by atoms with E-state index in [-0.39, 0.29) is 6.61 Å². The van der Waals surface area contributed by atoms with Gasteiger partial charge in [0.15, 0.2) is 0 Å². The average Bonchev–Trinajstić information content (AvgIpc) is 2.94. The predicted molar refractivity (Wildman–Crippen MR) is 62.4 cm³/mol. The third-order valence-electron chi connectivity index (χ3n) is 2.92. The Morgan fingerprint density at radius 2 is 2.12 bits per heavy atom. The fourth-order valence-corrected chi connectivity index (χ4v) is 2.98. The normalized spacial score (nSPS) is 17.1. The number of aliphatic hydroxyl groups excluding tert-OH is 1. The zero-order valence-corrected chi connectivity index (χ0v) is 10.2. The van der Waals surface area contributed by atoms with Crippen LogP contribution in [0.25, 0.3) is 0 Å². The lowest BCUT2D eigenvalue weighted by Gasteiger charge is -2.10. The van der Waals surface area contributed by atoms with Crippen molar-refractivity contribution in [1.29, 1.82) is 0 Å².